The van der Waals surface area contributed by atoms with Crippen molar-refractivity contribution in [3.63, 3.8) is 0 Å². The Bertz CT molecular complexity index is 813. The minimum absolute atomic E-state index is 0.0449. The fraction of sp³-hybridized carbons (Fsp3) is 0. The summed E-state index contributed by atoms with van der Waals surface area (Å²) in [4.78, 5) is 20.4. The van der Waals surface area contributed by atoms with Crippen LogP contribution >= 0.6 is 31.9 Å². The van der Waals surface area contributed by atoms with Crippen LogP contribution < -0.4 is 0 Å². The number of phenols is 1. The molecule has 9 heteroatoms. The molecule has 7 nitrogen and oxygen atoms in total. The summed E-state index contributed by atoms with van der Waals surface area (Å²) in [5, 5.41) is 31.4. The van der Waals surface area contributed by atoms with Gasteiger partial charge >= 0.3 is 0 Å². The molecule has 0 spiro atoms. The first kappa shape index (κ1) is 17.1. The van der Waals surface area contributed by atoms with E-state index in [2.05, 4.69) is 31.9 Å². The number of halogens is 2. The van der Waals surface area contributed by atoms with Crippen molar-refractivity contribution in [1.82, 2.24) is 0 Å². The summed E-state index contributed by atoms with van der Waals surface area (Å²) in [5.74, 6) is 0.0449. The van der Waals surface area contributed by atoms with Gasteiger partial charge < -0.3 is 5.11 Å². The van der Waals surface area contributed by atoms with Gasteiger partial charge in [0.1, 0.15) is 5.75 Å². The number of nitrogens with zero attached hydrogens (tertiary/aromatic N) is 2. The highest BCUT2D eigenvalue weighted by Crippen LogP contribution is 2.34. The second-order valence-corrected chi connectivity index (χ2v) is 6.13. The molecule has 23 heavy (non-hydrogen) atoms. The molecule has 0 radical (unpaired) electrons. The molecule has 2 aromatic carbocycles. The van der Waals surface area contributed by atoms with Gasteiger partial charge in [-0.2, -0.15) is 0 Å². The van der Waals surface area contributed by atoms with Crippen LogP contribution in [0.4, 0.5) is 11.4 Å². The van der Waals surface area contributed by atoms with Gasteiger partial charge in [0.2, 0.25) is 0 Å². The third-order valence-electron chi connectivity index (χ3n) is 2.92. The number of aromatic hydroxyl groups is 1. The fourth-order valence-corrected chi connectivity index (χ4v) is 3.03. The van der Waals surface area contributed by atoms with E-state index in [-0.39, 0.29) is 22.7 Å². The van der Waals surface area contributed by atoms with Crippen LogP contribution in [0.2, 0.25) is 0 Å². The minimum Gasteiger partial charge on any atom is -0.506 e. The number of nitro benzene ring substituents is 2. The molecule has 0 heterocycles. The highest BCUT2D eigenvalue weighted by atomic mass is 79.9. The van der Waals surface area contributed by atoms with Crippen LogP contribution in [-0.4, -0.2) is 15.0 Å². The molecular weight excluding hydrogens is 436 g/mol. The zero-order valence-electron chi connectivity index (χ0n) is 11.3. The Morgan fingerprint density at radius 1 is 0.957 bits per heavy atom. The lowest BCUT2D eigenvalue weighted by Gasteiger charge is -2.02. The maximum absolute atomic E-state index is 11.1. The molecule has 0 saturated heterocycles. The Labute approximate surface area is 146 Å². The van der Waals surface area contributed by atoms with Crippen LogP contribution in [-0.2, 0) is 0 Å². The van der Waals surface area contributed by atoms with Crippen LogP contribution in [0.15, 0.2) is 39.3 Å². The topological polar surface area (TPSA) is 107 Å². The first-order valence-corrected chi connectivity index (χ1v) is 7.67. The van der Waals surface area contributed by atoms with Crippen molar-refractivity contribution in [2.24, 2.45) is 0 Å². The second kappa shape index (κ2) is 6.88. The van der Waals surface area contributed by atoms with E-state index < -0.39 is 9.85 Å². The van der Waals surface area contributed by atoms with E-state index in [4.69, 9.17) is 0 Å². The molecule has 0 aliphatic heterocycles. The van der Waals surface area contributed by atoms with Gasteiger partial charge in [-0.1, -0.05) is 6.08 Å². The van der Waals surface area contributed by atoms with Crippen LogP contribution in [0, 0.1) is 20.2 Å². The number of hydrogen-bond donors (Lipinski definition) is 1. The predicted molar refractivity (Wildman–Crippen MR) is 92.2 cm³/mol. The molecule has 2 aromatic rings. The molecule has 0 aliphatic carbocycles. The molecule has 1 N–H and O–H groups in total. The Hall–Kier alpha value is -2.26. The smallest absolute Gasteiger partial charge is 0.283 e. The van der Waals surface area contributed by atoms with E-state index in [0.717, 1.165) is 6.07 Å². The van der Waals surface area contributed by atoms with Crippen LogP contribution in [0.1, 0.15) is 11.1 Å². The van der Waals surface area contributed by atoms with E-state index in [1.807, 2.05) is 0 Å². The average molecular weight is 444 g/mol. The summed E-state index contributed by atoms with van der Waals surface area (Å²) >= 11 is 6.38. The summed E-state index contributed by atoms with van der Waals surface area (Å²) in [7, 11) is 0. The van der Waals surface area contributed by atoms with Gasteiger partial charge in [-0.25, -0.2) is 0 Å². The summed E-state index contributed by atoms with van der Waals surface area (Å²) in [6, 6.07) is 6.70. The summed E-state index contributed by atoms with van der Waals surface area (Å²) in [6.45, 7) is 0. The van der Waals surface area contributed by atoms with Gasteiger partial charge in [0.25, 0.3) is 11.4 Å². The lowest BCUT2D eigenvalue weighted by molar-refractivity contribution is -0.394. The summed E-state index contributed by atoms with van der Waals surface area (Å²) in [5.41, 5.74) is 0.214. The maximum atomic E-state index is 11.1. The highest BCUT2D eigenvalue weighted by Gasteiger charge is 2.17. The van der Waals surface area contributed by atoms with Crippen molar-refractivity contribution in [2.45, 2.75) is 0 Å². The minimum atomic E-state index is -0.686. The molecule has 0 bridgehead atoms. The number of rotatable bonds is 4. The monoisotopic (exact) mass is 442 g/mol. The lowest BCUT2D eigenvalue weighted by Crippen LogP contribution is -1.94. The van der Waals surface area contributed by atoms with Gasteiger partial charge in [-0.3, -0.25) is 20.2 Å². The van der Waals surface area contributed by atoms with Crippen LogP contribution in [0.3, 0.4) is 0 Å². The van der Waals surface area contributed by atoms with Gasteiger partial charge in [-0.15, -0.1) is 0 Å². The van der Waals surface area contributed by atoms with Crippen LogP contribution in [0.5, 0.6) is 5.75 Å². The molecule has 2 rings (SSSR count). The van der Waals surface area contributed by atoms with E-state index in [0.29, 0.717) is 14.5 Å². The number of phenolic OH excluding ortho intramolecular Hbond substituents is 1. The molecule has 0 atom stereocenters. The average Bonchev–Trinajstić information content (AvgIpc) is 2.49. The molecule has 0 saturated carbocycles. The number of nitro groups is 2. The van der Waals surface area contributed by atoms with Gasteiger partial charge in [-0.05, 0) is 61.7 Å². The SMILES string of the molecule is O=[N+]([O-])c1ccc(/C=C/c2cc(Br)c(O)c(Br)c2)c([N+](=O)[O-])c1. The Morgan fingerprint density at radius 3 is 2.09 bits per heavy atom. The van der Waals surface area contributed by atoms with Crippen molar-refractivity contribution < 1.29 is 15.0 Å². The lowest BCUT2D eigenvalue weighted by atomic mass is 10.1. The van der Waals surface area contributed by atoms with Crippen molar-refractivity contribution >= 4 is 55.4 Å². The normalized spacial score (nSPS) is 10.9. The maximum Gasteiger partial charge on any atom is 0.283 e. The van der Waals surface area contributed by atoms with Crippen LogP contribution in [0.25, 0.3) is 12.2 Å². The summed E-state index contributed by atoms with van der Waals surface area (Å²) < 4.78 is 0.925. The predicted octanol–water partition coefficient (Wildman–Crippen LogP) is 4.90. The second-order valence-electron chi connectivity index (χ2n) is 4.42. The van der Waals surface area contributed by atoms with E-state index >= 15 is 0 Å². The fourth-order valence-electron chi connectivity index (χ4n) is 1.81. The zero-order chi connectivity index (χ0) is 17.1. The third-order valence-corrected chi connectivity index (χ3v) is 4.13. The summed E-state index contributed by atoms with van der Waals surface area (Å²) in [6.07, 6.45) is 3.08. The van der Waals surface area contributed by atoms with E-state index in [1.54, 1.807) is 18.2 Å². The molecule has 0 fully saturated rings. The highest BCUT2D eigenvalue weighted by molar-refractivity contribution is 9.11. The largest absolute Gasteiger partial charge is 0.506 e. The van der Waals surface area contributed by atoms with Crippen molar-refractivity contribution in [2.75, 3.05) is 0 Å². The molecule has 118 valence electrons. The first-order chi connectivity index (χ1) is 10.8. The van der Waals surface area contributed by atoms with E-state index in [9.17, 15) is 25.3 Å². The number of non-ortho nitro benzene ring substituents is 1. The molecular formula is C14H8Br2N2O5. The Morgan fingerprint density at radius 2 is 1.57 bits per heavy atom. The van der Waals surface area contributed by atoms with Gasteiger partial charge in [0, 0.05) is 6.07 Å². The third kappa shape index (κ3) is 3.93. The molecule has 0 amide bonds. The Kier molecular flexibility index (Phi) is 5.12. The number of benzene rings is 2. The molecule has 0 aliphatic rings. The van der Waals surface area contributed by atoms with Crippen molar-refractivity contribution in [1.29, 1.82) is 0 Å². The number of hydrogen-bond acceptors (Lipinski definition) is 5. The Balaban J connectivity index is 2.43. The molecule has 0 unspecified atom stereocenters. The van der Waals surface area contributed by atoms with Crippen molar-refractivity contribution in [3.8, 4) is 5.75 Å². The first-order valence-electron chi connectivity index (χ1n) is 6.08. The molecule has 0 aromatic heterocycles. The van der Waals surface area contributed by atoms with Crippen molar-refractivity contribution in [3.05, 3.63) is 70.6 Å². The quantitative estimate of drug-likeness (QED) is 0.410. The van der Waals surface area contributed by atoms with Gasteiger partial charge in [0.15, 0.2) is 0 Å². The standard InChI is InChI=1S/C14H8Br2N2O5/c15-11-5-8(6-12(16)14(11)19)1-2-9-3-4-10(17(20)21)7-13(9)18(22)23/h1-7,19H/b2-1+. The zero-order valence-corrected chi connectivity index (χ0v) is 14.4. The van der Waals surface area contributed by atoms with Gasteiger partial charge in [0.05, 0.1) is 30.4 Å². The van der Waals surface area contributed by atoms with E-state index in [1.165, 1.54) is 18.2 Å².